The smallest absolute Gasteiger partial charge is 0.225 e. The van der Waals surface area contributed by atoms with Gasteiger partial charge in [-0.05, 0) is 43.7 Å². The summed E-state index contributed by atoms with van der Waals surface area (Å²) in [6.45, 7) is 9.60. The van der Waals surface area contributed by atoms with E-state index in [9.17, 15) is 4.79 Å². The van der Waals surface area contributed by atoms with Crippen LogP contribution in [0, 0.1) is 11.8 Å². The largest absolute Gasteiger partial charge is 0.477 e. The van der Waals surface area contributed by atoms with Crippen LogP contribution in [0.25, 0.3) is 0 Å². The molecule has 29 heavy (non-hydrogen) atoms. The van der Waals surface area contributed by atoms with Gasteiger partial charge in [0, 0.05) is 43.9 Å². The highest BCUT2D eigenvalue weighted by molar-refractivity contribution is 14.0. The van der Waals surface area contributed by atoms with Crippen molar-refractivity contribution in [3.05, 3.63) is 23.9 Å². The van der Waals surface area contributed by atoms with E-state index in [1.807, 2.05) is 30.9 Å². The van der Waals surface area contributed by atoms with E-state index >= 15 is 0 Å². The van der Waals surface area contributed by atoms with Crippen LogP contribution in [-0.2, 0) is 11.3 Å². The van der Waals surface area contributed by atoms with Gasteiger partial charge in [-0.25, -0.2) is 9.98 Å². The van der Waals surface area contributed by atoms with Crippen LogP contribution in [0.2, 0.25) is 0 Å². The topological polar surface area (TPSA) is 78.9 Å². The van der Waals surface area contributed by atoms with Crippen LogP contribution in [0.3, 0.4) is 0 Å². The number of rotatable bonds is 8. The molecule has 3 rings (SSSR count). The lowest BCUT2D eigenvalue weighted by Gasteiger charge is -2.20. The lowest BCUT2D eigenvalue weighted by atomic mass is 10.2. The van der Waals surface area contributed by atoms with Crippen molar-refractivity contribution in [1.82, 2.24) is 20.5 Å². The summed E-state index contributed by atoms with van der Waals surface area (Å²) < 4.78 is 5.76. The van der Waals surface area contributed by atoms with Gasteiger partial charge in [0.05, 0.1) is 13.2 Å². The Balaban J connectivity index is 0.00000300. The molecule has 1 unspecified atom stereocenters. The maximum atomic E-state index is 12.2. The Morgan fingerprint density at radius 3 is 2.86 bits per heavy atom. The van der Waals surface area contributed by atoms with E-state index in [0.29, 0.717) is 18.3 Å². The van der Waals surface area contributed by atoms with Crippen LogP contribution in [-0.4, -0.2) is 54.0 Å². The van der Waals surface area contributed by atoms with Gasteiger partial charge in [-0.3, -0.25) is 4.79 Å². The van der Waals surface area contributed by atoms with Crippen LogP contribution in [0.15, 0.2) is 23.3 Å². The third-order valence-corrected chi connectivity index (χ3v) is 5.06. The first-order valence-electron chi connectivity index (χ1n) is 10.5. The molecule has 2 N–H and O–H groups in total. The summed E-state index contributed by atoms with van der Waals surface area (Å²) in [5.74, 6) is 2.44. The van der Waals surface area contributed by atoms with Gasteiger partial charge in [0.25, 0.3) is 0 Å². The number of aliphatic imine (C=N–C) groups is 1. The third-order valence-electron chi connectivity index (χ3n) is 5.06. The van der Waals surface area contributed by atoms with Crippen molar-refractivity contribution in [3.8, 4) is 5.88 Å². The molecule has 1 aromatic rings. The van der Waals surface area contributed by atoms with Crippen LogP contribution < -0.4 is 15.4 Å². The van der Waals surface area contributed by atoms with E-state index in [2.05, 4.69) is 22.5 Å². The fourth-order valence-corrected chi connectivity index (χ4v) is 3.24. The van der Waals surface area contributed by atoms with Gasteiger partial charge >= 0.3 is 0 Å². The summed E-state index contributed by atoms with van der Waals surface area (Å²) in [5.41, 5.74) is 1.07. The number of nitrogens with one attached hydrogen (secondary N) is 2. The van der Waals surface area contributed by atoms with Crippen LogP contribution in [0.1, 0.15) is 45.6 Å². The highest BCUT2D eigenvalue weighted by Crippen LogP contribution is 2.29. The van der Waals surface area contributed by atoms with Crippen molar-refractivity contribution in [1.29, 1.82) is 0 Å². The van der Waals surface area contributed by atoms with Crippen LogP contribution in [0.4, 0.5) is 0 Å². The Morgan fingerprint density at radius 2 is 2.17 bits per heavy atom. The molecule has 1 aliphatic carbocycles. The molecule has 1 amide bonds. The molecular weight excluding hydrogens is 481 g/mol. The minimum atomic E-state index is 0. The normalized spacial score (nSPS) is 19.1. The third kappa shape index (κ3) is 7.64. The zero-order valence-corrected chi connectivity index (χ0v) is 20.0. The number of carbonyl (C=O) groups excluding carboxylic acids is 1. The second-order valence-corrected chi connectivity index (χ2v) is 8.02. The standard InChI is InChI=1S/C21H33N5O2.HI/c1-4-22-21(25-18-8-10-26(13-18)20(27)15(2)3)24-12-17-7-9-23-19(11-17)28-14-16-5-6-16;/h7,9,11,15-16,18H,4-6,8,10,12-14H2,1-3H3,(H2,22,24,25);1H. The quantitative estimate of drug-likeness (QED) is 0.316. The first-order chi connectivity index (χ1) is 13.5. The molecule has 2 fully saturated rings. The van der Waals surface area contributed by atoms with Crippen molar-refractivity contribution in [2.75, 3.05) is 26.2 Å². The number of likely N-dealkylation sites (tertiary alicyclic amines) is 1. The highest BCUT2D eigenvalue weighted by Gasteiger charge is 2.28. The molecular formula is C21H34IN5O2. The van der Waals surface area contributed by atoms with Crippen molar-refractivity contribution < 1.29 is 9.53 Å². The zero-order valence-electron chi connectivity index (χ0n) is 17.7. The highest BCUT2D eigenvalue weighted by atomic mass is 127. The number of nitrogens with zero attached hydrogens (tertiary/aromatic N) is 3. The summed E-state index contributed by atoms with van der Waals surface area (Å²) in [6.07, 6.45) is 5.25. The van der Waals surface area contributed by atoms with E-state index in [-0.39, 0.29) is 41.8 Å². The number of hydrogen-bond acceptors (Lipinski definition) is 4. The van der Waals surface area contributed by atoms with Crippen molar-refractivity contribution >= 4 is 35.8 Å². The second kappa shape index (κ2) is 11.6. The van der Waals surface area contributed by atoms with E-state index < -0.39 is 0 Å². The fourth-order valence-electron chi connectivity index (χ4n) is 3.24. The number of pyridine rings is 1. The Morgan fingerprint density at radius 1 is 1.38 bits per heavy atom. The lowest BCUT2D eigenvalue weighted by molar-refractivity contribution is -0.133. The lowest BCUT2D eigenvalue weighted by Crippen LogP contribution is -2.45. The number of hydrogen-bond donors (Lipinski definition) is 2. The molecule has 0 bridgehead atoms. The van der Waals surface area contributed by atoms with Gasteiger partial charge < -0.3 is 20.3 Å². The van der Waals surface area contributed by atoms with E-state index in [4.69, 9.17) is 9.73 Å². The molecule has 0 spiro atoms. The summed E-state index contributed by atoms with van der Waals surface area (Å²) in [5, 5.41) is 6.77. The Kier molecular flexibility index (Phi) is 9.45. The Labute approximate surface area is 191 Å². The van der Waals surface area contributed by atoms with E-state index in [0.717, 1.165) is 44.2 Å². The predicted molar refractivity (Wildman–Crippen MR) is 126 cm³/mol. The van der Waals surface area contributed by atoms with Gasteiger partial charge in [0.15, 0.2) is 5.96 Å². The maximum absolute atomic E-state index is 12.2. The molecule has 2 aliphatic rings. The summed E-state index contributed by atoms with van der Waals surface area (Å²) in [4.78, 5) is 23.1. The minimum absolute atomic E-state index is 0. The average molecular weight is 515 g/mol. The molecule has 1 saturated carbocycles. The van der Waals surface area contributed by atoms with Gasteiger partial charge in [-0.1, -0.05) is 13.8 Å². The number of halogens is 1. The fraction of sp³-hybridized carbons (Fsp3) is 0.667. The van der Waals surface area contributed by atoms with Crippen molar-refractivity contribution in [2.45, 2.75) is 52.6 Å². The molecule has 7 nitrogen and oxygen atoms in total. The zero-order chi connectivity index (χ0) is 19.9. The predicted octanol–water partition coefficient (Wildman–Crippen LogP) is 2.80. The molecule has 0 radical (unpaired) electrons. The van der Waals surface area contributed by atoms with Crippen molar-refractivity contribution in [3.63, 3.8) is 0 Å². The monoisotopic (exact) mass is 515 g/mol. The summed E-state index contributed by atoms with van der Waals surface area (Å²) in [6, 6.07) is 4.17. The number of aromatic nitrogens is 1. The minimum Gasteiger partial charge on any atom is -0.477 e. The number of guanidine groups is 1. The molecule has 8 heteroatoms. The van der Waals surface area contributed by atoms with E-state index in [1.54, 1.807) is 6.20 Å². The molecule has 2 heterocycles. The Hall–Kier alpha value is -1.58. The number of amides is 1. The SMILES string of the molecule is CCNC(=NCc1ccnc(OCC2CC2)c1)NC1CCN(C(=O)C(C)C)C1.I. The van der Waals surface area contributed by atoms with Crippen LogP contribution >= 0.6 is 24.0 Å². The first kappa shape index (κ1) is 23.7. The molecule has 1 aromatic heterocycles. The molecule has 1 saturated heterocycles. The summed E-state index contributed by atoms with van der Waals surface area (Å²) >= 11 is 0. The first-order valence-corrected chi connectivity index (χ1v) is 10.5. The van der Waals surface area contributed by atoms with Gasteiger partial charge in [-0.2, -0.15) is 0 Å². The van der Waals surface area contributed by atoms with Gasteiger partial charge in [0.1, 0.15) is 0 Å². The van der Waals surface area contributed by atoms with Crippen LogP contribution in [0.5, 0.6) is 5.88 Å². The summed E-state index contributed by atoms with van der Waals surface area (Å²) in [7, 11) is 0. The number of ether oxygens (including phenoxy) is 1. The van der Waals surface area contributed by atoms with E-state index in [1.165, 1.54) is 12.8 Å². The molecule has 1 atom stereocenters. The van der Waals surface area contributed by atoms with Crippen molar-refractivity contribution in [2.24, 2.45) is 16.8 Å². The molecule has 1 aliphatic heterocycles. The Bertz CT molecular complexity index is 693. The van der Waals surface area contributed by atoms with Gasteiger partial charge in [-0.15, -0.1) is 24.0 Å². The maximum Gasteiger partial charge on any atom is 0.225 e. The molecule has 0 aromatic carbocycles. The second-order valence-electron chi connectivity index (χ2n) is 8.02. The van der Waals surface area contributed by atoms with Gasteiger partial charge in [0.2, 0.25) is 11.8 Å². The molecule has 162 valence electrons. The average Bonchev–Trinajstić information content (AvgIpc) is 3.41. The number of carbonyl (C=O) groups is 1.